The van der Waals surface area contributed by atoms with E-state index in [-0.39, 0.29) is 5.97 Å². The Morgan fingerprint density at radius 2 is 1.53 bits per heavy atom. The lowest BCUT2D eigenvalue weighted by Gasteiger charge is -2.09. The number of ether oxygens (including phenoxy) is 2. The Morgan fingerprint density at radius 1 is 0.867 bits per heavy atom. The van der Waals surface area contributed by atoms with Crippen LogP contribution in [0, 0.1) is 0 Å². The first-order chi connectivity index (χ1) is 14.5. The second kappa shape index (κ2) is 9.33. The van der Waals surface area contributed by atoms with Gasteiger partial charge in [-0.15, -0.1) is 0 Å². The molecule has 0 saturated heterocycles. The highest BCUT2D eigenvalue weighted by molar-refractivity contribution is 9.11. The maximum atomic E-state index is 12.3. The van der Waals surface area contributed by atoms with Gasteiger partial charge in [-0.05, 0) is 75.6 Å². The van der Waals surface area contributed by atoms with Crippen LogP contribution in [0.5, 0.6) is 5.75 Å². The number of carbonyl (C=O) groups excluding carboxylic acids is 1. The smallest absolute Gasteiger partial charge is 0.343 e. The molecule has 0 unspecified atom stereocenters. The van der Waals surface area contributed by atoms with Crippen molar-refractivity contribution in [1.82, 2.24) is 0 Å². The molecule has 4 rings (SSSR count). The van der Waals surface area contributed by atoms with Gasteiger partial charge in [0, 0.05) is 14.5 Å². The minimum Gasteiger partial charge on any atom is -0.488 e. The Bertz CT molecular complexity index is 1150. The first-order valence-electron chi connectivity index (χ1n) is 9.06. The van der Waals surface area contributed by atoms with Crippen molar-refractivity contribution in [1.29, 1.82) is 0 Å². The summed E-state index contributed by atoms with van der Waals surface area (Å²) in [5, 5.41) is 0. The van der Waals surface area contributed by atoms with Crippen LogP contribution in [0.15, 0.2) is 91.8 Å². The maximum absolute atomic E-state index is 12.3. The van der Waals surface area contributed by atoms with E-state index < -0.39 is 0 Å². The fourth-order valence-electron chi connectivity index (χ4n) is 2.89. The number of hydrogen-bond donors (Lipinski definition) is 0. The topological polar surface area (TPSA) is 35.5 Å². The molecule has 1 aliphatic heterocycles. The summed E-state index contributed by atoms with van der Waals surface area (Å²) in [6.45, 7) is 0.470. The third-order valence-corrected chi connectivity index (χ3v) is 6.12. The van der Waals surface area contributed by atoms with E-state index in [4.69, 9.17) is 9.47 Å². The van der Waals surface area contributed by atoms with Gasteiger partial charge in [-0.1, -0.05) is 62.2 Å². The highest BCUT2D eigenvalue weighted by atomic mass is 79.9. The summed E-state index contributed by atoms with van der Waals surface area (Å²) in [6.07, 6.45) is 3.56. The maximum Gasteiger partial charge on any atom is 0.343 e. The van der Waals surface area contributed by atoms with Crippen LogP contribution < -0.4 is 4.74 Å². The van der Waals surface area contributed by atoms with Crippen LogP contribution in [0.4, 0.5) is 0 Å². The molecule has 3 aromatic rings. The van der Waals surface area contributed by atoms with E-state index in [0.717, 1.165) is 35.9 Å². The van der Waals surface area contributed by atoms with Crippen molar-refractivity contribution < 1.29 is 14.3 Å². The van der Waals surface area contributed by atoms with Gasteiger partial charge >= 0.3 is 5.97 Å². The summed E-state index contributed by atoms with van der Waals surface area (Å²) in [6, 6.07) is 21.3. The van der Waals surface area contributed by atoms with Crippen molar-refractivity contribution in [3.8, 4) is 5.75 Å². The summed E-state index contributed by atoms with van der Waals surface area (Å²) in [7, 11) is 0. The lowest BCUT2D eigenvalue weighted by Crippen LogP contribution is -1.98. The summed E-state index contributed by atoms with van der Waals surface area (Å²) < 4.78 is 14.1. The van der Waals surface area contributed by atoms with Crippen molar-refractivity contribution in [2.45, 2.75) is 6.61 Å². The molecule has 1 heterocycles. The molecule has 3 nitrogen and oxygen atoms in total. The van der Waals surface area contributed by atoms with E-state index in [1.165, 1.54) is 0 Å². The molecule has 0 aliphatic carbocycles. The van der Waals surface area contributed by atoms with E-state index in [1.807, 2.05) is 66.7 Å². The first kappa shape index (κ1) is 21.1. The van der Waals surface area contributed by atoms with Crippen LogP contribution in [-0.2, 0) is 16.1 Å². The van der Waals surface area contributed by atoms with Crippen molar-refractivity contribution in [2.75, 3.05) is 0 Å². The molecular weight excluding hydrogens is 576 g/mol. The van der Waals surface area contributed by atoms with E-state index in [1.54, 1.807) is 12.2 Å². The number of cyclic esters (lactones) is 1. The number of carbonyl (C=O) groups is 1. The van der Waals surface area contributed by atoms with E-state index in [2.05, 4.69) is 47.8 Å². The van der Waals surface area contributed by atoms with Crippen molar-refractivity contribution >= 4 is 65.6 Å². The second-order valence-corrected chi connectivity index (χ2v) is 9.30. The molecule has 0 amide bonds. The average Bonchev–Trinajstić information content (AvgIpc) is 3.09. The third kappa shape index (κ3) is 5.12. The molecule has 0 fully saturated rings. The van der Waals surface area contributed by atoms with Gasteiger partial charge in [0.05, 0.1) is 10.0 Å². The number of hydrogen-bond acceptors (Lipinski definition) is 3. The zero-order chi connectivity index (χ0) is 21.1. The summed E-state index contributed by atoms with van der Waals surface area (Å²) in [5.41, 5.74) is 3.31. The van der Waals surface area contributed by atoms with Gasteiger partial charge in [0.2, 0.25) is 0 Å². The number of esters is 1. The molecule has 0 saturated carbocycles. The third-order valence-electron chi connectivity index (χ3n) is 4.44. The molecule has 0 bridgehead atoms. The van der Waals surface area contributed by atoms with Gasteiger partial charge in [-0.25, -0.2) is 4.79 Å². The number of benzene rings is 3. The van der Waals surface area contributed by atoms with Crippen LogP contribution in [-0.4, -0.2) is 5.97 Å². The predicted molar refractivity (Wildman–Crippen MR) is 129 cm³/mol. The summed E-state index contributed by atoms with van der Waals surface area (Å²) in [4.78, 5) is 12.3. The van der Waals surface area contributed by atoms with E-state index in [0.29, 0.717) is 17.9 Å². The highest BCUT2D eigenvalue weighted by Crippen LogP contribution is 2.31. The molecule has 0 spiro atoms. The van der Waals surface area contributed by atoms with Gasteiger partial charge < -0.3 is 9.47 Å². The minimum atomic E-state index is -0.361. The quantitative estimate of drug-likeness (QED) is 0.228. The Kier molecular flexibility index (Phi) is 6.56. The molecule has 150 valence electrons. The van der Waals surface area contributed by atoms with Crippen molar-refractivity contribution in [3.05, 3.63) is 108 Å². The minimum absolute atomic E-state index is 0.361. The SMILES string of the molecule is O=C1OC(c2ccc(Br)cc2)=C/C1=C\c1ccc(OCc2ccc(Br)cc2)c(Br)c1. The molecule has 0 radical (unpaired) electrons. The molecular formula is C24H15Br3O3. The Morgan fingerprint density at radius 3 is 2.20 bits per heavy atom. The fraction of sp³-hybridized carbons (Fsp3) is 0.0417. The Labute approximate surface area is 199 Å². The van der Waals surface area contributed by atoms with E-state index in [9.17, 15) is 4.79 Å². The Balaban J connectivity index is 1.49. The molecule has 0 atom stereocenters. The fourth-order valence-corrected chi connectivity index (χ4v) is 3.93. The molecule has 0 N–H and O–H groups in total. The monoisotopic (exact) mass is 588 g/mol. The van der Waals surface area contributed by atoms with Crippen LogP contribution in [0.2, 0.25) is 0 Å². The number of halogens is 3. The lowest BCUT2D eigenvalue weighted by atomic mass is 10.1. The van der Waals surface area contributed by atoms with Crippen LogP contribution in [0.3, 0.4) is 0 Å². The van der Waals surface area contributed by atoms with Crippen LogP contribution >= 0.6 is 47.8 Å². The average molecular weight is 591 g/mol. The van der Waals surface area contributed by atoms with Gasteiger partial charge in [0.1, 0.15) is 18.1 Å². The molecule has 6 heteroatoms. The van der Waals surface area contributed by atoms with E-state index >= 15 is 0 Å². The van der Waals surface area contributed by atoms with Crippen LogP contribution in [0.1, 0.15) is 16.7 Å². The van der Waals surface area contributed by atoms with Gasteiger partial charge in [0.15, 0.2) is 0 Å². The molecule has 3 aromatic carbocycles. The lowest BCUT2D eigenvalue weighted by molar-refractivity contribution is -0.130. The Hall–Kier alpha value is -2.15. The zero-order valence-corrected chi connectivity index (χ0v) is 20.3. The number of rotatable bonds is 5. The van der Waals surface area contributed by atoms with Gasteiger partial charge in [-0.3, -0.25) is 0 Å². The molecule has 0 aromatic heterocycles. The summed E-state index contributed by atoms with van der Waals surface area (Å²) in [5.74, 6) is 0.923. The highest BCUT2D eigenvalue weighted by Gasteiger charge is 2.22. The van der Waals surface area contributed by atoms with Crippen molar-refractivity contribution in [2.24, 2.45) is 0 Å². The molecule has 1 aliphatic rings. The van der Waals surface area contributed by atoms with Gasteiger partial charge in [-0.2, -0.15) is 0 Å². The summed E-state index contributed by atoms with van der Waals surface area (Å²) >= 11 is 10.4. The van der Waals surface area contributed by atoms with Crippen molar-refractivity contribution in [3.63, 3.8) is 0 Å². The largest absolute Gasteiger partial charge is 0.488 e. The zero-order valence-electron chi connectivity index (χ0n) is 15.6. The normalized spacial score (nSPS) is 14.6. The first-order valence-corrected chi connectivity index (χ1v) is 11.4. The second-order valence-electron chi connectivity index (χ2n) is 6.61. The standard InChI is InChI=1S/C24H15Br3O3/c25-19-6-1-15(2-7-19)14-29-22-10-3-16(12-21(22)27)11-18-13-23(30-24(18)28)17-4-8-20(26)9-5-17/h1-13H,14H2/b18-11+. The molecule has 30 heavy (non-hydrogen) atoms. The predicted octanol–water partition coefficient (Wildman–Crippen LogP) is 7.53. The van der Waals surface area contributed by atoms with Gasteiger partial charge in [0.25, 0.3) is 0 Å². The van der Waals surface area contributed by atoms with Crippen LogP contribution in [0.25, 0.3) is 11.8 Å².